The van der Waals surface area contributed by atoms with Gasteiger partial charge in [-0.2, -0.15) is 0 Å². The Bertz CT molecular complexity index is 358. The van der Waals surface area contributed by atoms with E-state index in [9.17, 15) is 4.79 Å². The highest BCUT2D eigenvalue weighted by Gasteiger charge is 2.17. The molecule has 1 unspecified atom stereocenters. The van der Waals surface area contributed by atoms with Gasteiger partial charge in [0.15, 0.2) is 0 Å². The molecule has 1 aliphatic rings. The van der Waals surface area contributed by atoms with Crippen LogP contribution in [0, 0.1) is 0 Å². The topological polar surface area (TPSA) is 70.6 Å². The molecular formula is C11H14N2O3. The number of benzene rings is 1. The summed E-state index contributed by atoms with van der Waals surface area (Å²) in [5.41, 5.74) is 0.633. The number of hydrogen-bond acceptors (Lipinski definition) is 3. The lowest BCUT2D eigenvalue weighted by Crippen LogP contribution is -2.37. The third-order valence-corrected chi connectivity index (χ3v) is 2.35. The monoisotopic (exact) mass is 222 g/mol. The lowest BCUT2D eigenvalue weighted by atomic mass is 10.3. The predicted molar refractivity (Wildman–Crippen MR) is 59.2 cm³/mol. The number of rotatable bonds is 2. The van der Waals surface area contributed by atoms with Crippen LogP contribution in [-0.4, -0.2) is 24.0 Å². The number of urea groups is 1. The molecule has 1 saturated heterocycles. The van der Waals surface area contributed by atoms with Gasteiger partial charge in [-0.3, -0.25) is 0 Å². The van der Waals surface area contributed by atoms with E-state index < -0.39 is 0 Å². The van der Waals surface area contributed by atoms with E-state index in [1.807, 2.05) is 0 Å². The van der Waals surface area contributed by atoms with Crippen molar-refractivity contribution in [2.24, 2.45) is 0 Å². The normalized spacial score (nSPS) is 19.4. The van der Waals surface area contributed by atoms with Crippen LogP contribution < -0.4 is 10.6 Å². The van der Waals surface area contributed by atoms with Crippen LogP contribution in [0.15, 0.2) is 24.3 Å². The van der Waals surface area contributed by atoms with Gasteiger partial charge in [0.1, 0.15) is 12.0 Å². The molecule has 1 heterocycles. The molecule has 0 bridgehead atoms. The zero-order valence-corrected chi connectivity index (χ0v) is 8.77. The number of ether oxygens (including phenoxy) is 1. The summed E-state index contributed by atoms with van der Waals surface area (Å²) in [6.45, 7) is 0.699. The third-order valence-electron chi connectivity index (χ3n) is 2.35. The van der Waals surface area contributed by atoms with Gasteiger partial charge >= 0.3 is 6.03 Å². The average Bonchev–Trinajstić information content (AvgIpc) is 2.74. The Kier molecular flexibility index (Phi) is 3.26. The maximum absolute atomic E-state index is 11.5. The van der Waals surface area contributed by atoms with E-state index in [4.69, 9.17) is 9.84 Å². The number of amides is 2. The van der Waals surface area contributed by atoms with Crippen molar-refractivity contribution in [3.8, 4) is 5.75 Å². The van der Waals surface area contributed by atoms with E-state index in [0.29, 0.717) is 12.3 Å². The molecule has 0 radical (unpaired) electrons. The minimum atomic E-state index is -0.294. The Balaban J connectivity index is 1.84. The molecule has 3 N–H and O–H groups in total. The van der Waals surface area contributed by atoms with Crippen molar-refractivity contribution in [1.29, 1.82) is 0 Å². The lowest BCUT2D eigenvalue weighted by Gasteiger charge is -2.12. The van der Waals surface area contributed by atoms with Crippen LogP contribution in [0.3, 0.4) is 0 Å². The molecule has 86 valence electrons. The summed E-state index contributed by atoms with van der Waals surface area (Å²) in [5, 5.41) is 14.4. The number of nitrogens with one attached hydrogen (secondary N) is 2. The molecule has 2 rings (SSSR count). The van der Waals surface area contributed by atoms with Gasteiger partial charge in [0.05, 0.1) is 0 Å². The Morgan fingerprint density at radius 1 is 1.38 bits per heavy atom. The van der Waals surface area contributed by atoms with Crippen LogP contribution in [0.1, 0.15) is 12.8 Å². The maximum Gasteiger partial charge on any atom is 0.321 e. The number of carbonyl (C=O) groups is 1. The van der Waals surface area contributed by atoms with Gasteiger partial charge in [-0.1, -0.05) is 0 Å². The summed E-state index contributed by atoms with van der Waals surface area (Å²) < 4.78 is 5.27. The van der Waals surface area contributed by atoms with Gasteiger partial charge in [-0.05, 0) is 37.1 Å². The molecular weight excluding hydrogens is 208 g/mol. The van der Waals surface area contributed by atoms with Crippen molar-refractivity contribution in [3.05, 3.63) is 24.3 Å². The Hall–Kier alpha value is -1.75. The van der Waals surface area contributed by atoms with Crippen molar-refractivity contribution in [3.63, 3.8) is 0 Å². The molecule has 5 nitrogen and oxygen atoms in total. The Morgan fingerprint density at radius 3 is 2.75 bits per heavy atom. The second-order valence-electron chi connectivity index (χ2n) is 3.65. The quantitative estimate of drug-likeness (QED) is 0.666. The number of hydrogen-bond donors (Lipinski definition) is 3. The maximum atomic E-state index is 11.5. The fourth-order valence-corrected chi connectivity index (χ4v) is 1.55. The predicted octanol–water partition coefficient (Wildman–Crippen LogP) is 1.65. The highest BCUT2D eigenvalue weighted by atomic mass is 16.5. The molecule has 2 amide bonds. The van der Waals surface area contributed by atoms with Crippen molar-refractivity contribution < 1.29 is 14.6 Å². The minimum absolute atomic E-state index is 0.171. The minimum Gasteiger partial charge on any atom is -0.508 e. The summed E-state index contributed by atoms with van der Waals surface area (Å²) >= 11 is 0. The van der Waals surface area contributed by atoms with Crippen LogP contribution in [-0.2, 0) is 4.74 Å². The van der Waals surface area contributed by atoms with E-state index in [2.05, 4.69) is 10.6 Å². The lowest BCUT2D eigenvalue weighted by molar-refractivity contribution is 0.0928. The SMILES string of the molecule is O=C(Nc1ccc(O)cc1)NC1CCCO1. The molecule has 16 heavy (non-hydrogen) atoms. The second-order valence-corrected chi connectivity index (χ2v) is 3.65. The van der Waals surface area contributed by atoms with Gasteiger partial charge in [0.25, 0.3) is 0 Å². The van der Waals surface area contributed by atoms with Crippen LogP contribution in [0.5, 0.6) is 5.75 Å². The molecule has 1 aliphatic heterocycles. The highest BCUT2D eigenvalue weighted by Crippen LogP contribution is 2.14. The van der Waals surface area contributed by atoms with Gasteiger partial charge in [-0.25, -0.2) is 4.79 Å². The summed E-state index contributed by atoms with van der Waals surface area (Å²) in [5.74, 6) is 0.171. The zero-order chi connectivity index (χ0) is 11.4. The van der Waals surface area contributed by atoms with Gasteiger partial charge in [0, 0.05) is 12.3 Å². The van der Waals surface area contributed by atoms with E-state index in [-0.39, 0.29) is 18.0 Å². The first kappa shape index (κ1) is 10.8. The summed E-state index contributed by atoms with van der Waals surface area (Å²) in [6, 6.07) is 6.00. The largest absolute Gasteiger partial charge is 0.508 e. The fraction of sp³-hybridized carbons (Fsp3) is 0.364. The fourth-order valence-electron chi connectivity index (χ4n) is 1.55. The Morgan fingerprint density at radius 2 is 2.12 bits per heavy atom. The zero-order valence-electron chi connectivity index (χ0n) is 8.77. The van der Waals surface area contributed by atoms with Crippen LogP contribution in [0.4, 0.5) is 10.5 Å². The highest BCUT2D eigenvalue weighted by molar-refractivity contribution is 5.89. The number of phenols is 1. The molecule has 1 fully saturated rings. The first-order valence-electron chi connectivity index (χ1n) is 5.22. The summed E-state index contributed by atoms with van der Waals surface area (Å²) in [7, 11) is 0. The Labute approximate surface area is 93.4 Å². The van der Waals surface area contributed by atoms with E-state index >= 15 is 0 Å². The summed E-state index contributed by atoms with van der Waals surface area (Å²) in [4.78, 5) is 11.5. The van der Waals surface area contributed by atoms with Crippen molar-refractivity contribution in [2.75, 3.05) is 11.9 Å². The number of aromatic hydroxyl groups is 1. The molecule has 0 spiro atoms. The second kappa shape index (κ2) is 4.85. The molecule has 0 saturated carbocycles. The van der Waals surface area contributed by atoms with Gasteiger partial charge in [0.2, 0.25) is 0 Å². The van der Waals surface area contributed by atoms with E-state index in [1.165, 1.54) is 12.1 Å². The molecule has 0 aromatic heterocycles. The first-order chi connectivity index (χ1) is 7.74. The molecule has 1 aromatic rings. The molecule has 0 aliphatic carbocycles. The van der Waals surface area contributed by atoms with Gasteiger partial charge in [-0.15, -0.1) is 0 Å². The molecule has 5 heteroatoms. The van der Waals surface area contributed by atoms with E-state index in [0.717, 1.165) is 12.8 Å². The standard InChI is InChI=1S/C11H14N2O3/c14-9-5-3-8(4-6-9)12-11(15)13-10-2-1-7-16-10/h3-6,10,14H,1-2,7H2,(H2,12,13,15). The van der Waals surface area contributed by atoms with Crippen LogP contribution in [0.25, 0.3) is 0 Å². The van der Waals surface area contributed by atoms with Crippen molar-refractivity contribution >= 4 is 11.7 Å². The molecule has 1 atom stereocenters. The third kappa shape index (κ3) is 2.87. The smallest absolute Gasteiger partial charge is 0.321 e. The number of carbonyl (C=O) groups excluding carboxylic acids is 1. The van der Waals surface area contributed by atoms with Gasteiger partial charge < -0.3 is 20.5 Å². The van der Waals surface area contributed by atoms with Crippen LogP contribution in [0.2, 0.25) is 0 Å². The van der Waals surface area contributed by atoms with E-state index in [1.54, 1.807) is 12.1 Å². The van der Waals surface area contributed by atoms with Crippen molar-refractivity contribution in [2.45, 2.75) is 19.1 Å². The summed E-state index contributed by atoms with van der Waals surface area (Å²) in [6.07, 6.45) is 1.64. The van der Waals surface area contributed by atoms with Crippen molar-refractivity contribution in [1.82, 2.24) is 5.32 Å². The van der Waals surface area contributed by atoms with Crippen LogP contribution >= 0.6 is 0 Å². The average molecular weight is 222 g/mol. The molecule has 1 aromatic carbocycles. The number of phenolic OH excluding ortho intramolecular Hbond substituents is 1. The number of anilines is 1. The first-order valence-corrected chi connectivity index (χ1v) is 5.22.